The zero-order valence-corrected chi connectivity index (χ0v) is 35.4. The summed E-state index contributed by atoms with van der Waals surface area (Å²) in [5, 5.41) is 71.7. The largest absolute Gasteiger partial charge is 0.508 e. The van der Waals surface area contributed by atoms with Crippen LogP contribution in [0.3, 0.4) is 0 Å². The van der Waals surface area contributed by atoms with Crippen molar-refractivity contribution in [3.63, 3.8) is 0 Å². The second-order valence-corrected chi connectivity index (χ2v) is 18.6. The predicted octanol–water partition coefficient (Wildman–Crippen LogP) is 8.37. The van der Waals surface area contributed by atoms with Gasteiger partial charge >= 0.3 is 0 Å². The lowest BCUT2D eigenvalue weighted by atomic mass is 9.64. The Bertz CT molecular complexity index is 2030. The highest BCUT2D eigenvalue weighted by Crippen LogP contribution is 2.54. The molecule has 324 valence electrons. The Hall–Kier alpha value is -4.06. The van der Waals surface area contributed by atoms with E-state index in [1.165, 1.54) is 25.5 Å². The molecule has 0 amide bonds. The van der Waals surface area contributed by atoms with Crippen LogP contribution in [0.25, 0.3) is 0 Å². The van der Waals surface area contributed by atoms with Crippen molar-refractivity contribution in [1.29, 1.82) is 0 Å². The molecular formula is C50H66N2O8. The first-order chi connectivity index (χ1) is 29.1. The van der Waals surface area contributed by atoms with E-state index in [4.69, 9.17) is 9.47 Å². The van der Waals surface area contributed by atoms with Crippen LogP contribution in [-0.2, 0) is 23.2 Å². The summed E-state index contributed by atoms with van der Waals surface area (Å²) in [5.74, 6) is 0.124. The summed E-state index contributed by atoms with van der Waals surface area (Å²) in [4.78, 5) is 3.07. The van der Waals surface area contributed by atoms with Crippen LogP contribution in [0, 0.1) is 17.8 Å². The molecule has 3 aromatic carbocycles. The average Bonchev–Trinajstić information content (AvgIpc) is 3.97. The normalized spacial score (nSPS) is 28.3. The van der Waals surface area contributed by atoms with Gasteiger partial charge in [-0.1, -0.05) is 55.3 Å². The van der Waals surface area contributed by atoms with Crippen LogP contribution in [0.2, 0.25) is 0 Å². The van der Waals surface area contributed by atoms with Crippen LogP contribution in [0.1, 0.15) is 140 Å². The molecule has 1 aliphatic heterocycles. The summed E-state index contributed by atoms with van der Waals surface area (Å²) < 4.78 is 12.6. The molecule has 1 aromatic heterocycles. The molecule has 10 nitrogen and oxygen atoms in total. The lowest BCUT2D eigenvalue weighted by Crippen LogP contribution is -2.44. The quantitative estimate of drug-likeness (QED) is 0.0583. The molecule has 8 rings (SSSR count). The summed E-state index contributed by atoms with van der Waals surface area (Å²) in [6, 6.07) is 18.8. The van der Waals surface area contributed by atoms with Gasteiger partial charge in [-0.2, -0.15) is 0 Å². The summed E-state index contributed by atoms with van der Waals surface area (Å²) in [6.45, 7) is 0.414. The van der Waals surface area contributed by atoms with Gasteiger partial charge in [0, 0.05) is 42.3 Å². The Balaban J connectivity index is 1.07. The Labute approximate surface area is 355 Å². The fourth-order valence-electron chi connectivity index (χ4n) is 12.2. The number of hydrogen-bond donors (Lipinski definition) is 8. The SMILES string of the molecule is CNCC[C@H]1CC[C@@H]([C@H](O)CC2(c3ccccc3)CCCC2)[C@H](c2cc([C@@H]3CC[C@H]4[C@H](C3)O[C@H](c3c(CO)c(O)c(O)c(OC)c3Cc3cc[nH]c3)C[C@@H]4O)ccc2O)C1. The molecule has 8 N–H and O–H groups in total. The zero-order chi connectivity index (χ0) is 42.0. The predicted molar refractivity (Wildman–Crippen MR) is 232 cm³/mol. The van der Waals surface area contributed by atoms with Crippen molar-refractivity contribution in [2.24, 2.45) is 17.8 Å². The number of aromatic amines is 1. The highest BCUT2D eigenvalue weighted by Gasteiger charge is 2.46. The standard InChI is InChI=1S/C50H66N2O8/c1-51-20-16-30-10-13-35(43(56)27-50(18-6-7-19-50)34-8-4-3-5-9-34)37(22-30)38-24-32(12-15-41(38)54)33-11-14-36-42(55)26-45(60-44(36)25-33)46-39(23-31-17-21-52-28-31)49(59-2)48(58)47(57)40(46)29-53/h3-5,8-9,12,15,17,21,24,28,30,33,35-37,42-45,51-58H,6-7,10-11,13-14,16,18-20,22-23,25-27,29H2,1-2H3/t30-,33-,35-,36-,37-,42+,43-,44+,45+/m1/s1. The third kappa shape index (κ3) is 8.43. The Kier molecular flexibility index (Phi) is 13.1. The molecule has 3 saturated carbocycles. The minimum absolute atomic E-state index is 0.0192. The first kappa shape index (κ1) is 42.6. The first-order valence-corrected chi connectivity index (χ1v) is 22.5. The number of aliphatic hydroxyl groups excluding tert-OH is 3. The molecule has 3 aliphatic carbocycles. The van der Waals surface area contributed by atoms with Gasteiger partial charge in [-0.15, -0.1) is 0 Å². The maximum atomic E-state index is 12.3. The molecule has 60 heavy (non-hydrogen) atoms. The third-order valence-corrected chi connectivity index (χ3v) is 15.3. The number of phenolic OH excluding ortho intramolecular Hbond substituents is 2. The number of methoxy groups -OCH3 is 1. The highest BCUT2D eigenvalue weighted by molar-refractivity contribution is 5.64. The van der Waals surface area contributed by atoms with E-state index in [1.54, 1.807) is 0 Å². The lowest BCUT2D eigenvalue weighted by Gasteiger charge is -2.46. The molecule has 10 heteroatoms. The van der Waals surface area contributed by atoms with E-state index in [1.807, 2.05) is 37.6 Å². The Morgan fingerprint density at radius 3 is 2.45 bits per heavy atom. The number of fused-ring (bicyclic) bond motifs is 1. The van der Waals surface area contributed by atoms with E-state index in [0.717, 1.165) is 81.0 Å². The van der Waals surface area contributed by atoms with Crippen molar-refractivity contribution >= 4 is 0 Å². The highest BCUT2D eigenvalue weighted by atomic mass is 16.5. The minimum Gasteiger partial charge on any atom is -0.508 e. The van der Waals surface area contributed by atoms with E-state index < -0.39 is 36.4 Å². The number of aliphatic hydroxyl groups is 3. The minimum atomic E-state index is -0.670. The molecule has 9 atom stereocenters. The lowest BCUT2D eigenvalue weighted by molar-refractivity contribution is -0.154. The topological polar surface area (TPSA) is 168 Å². The van der Waals surface area contributed by atoms with Crippen LogP contribution >= 0.6 is 0 Å². The third-order valence-electron chi connectivity index (χ3n) is 15.3. The van der Waals surface area contributed by atoms with Gasteiger partial charge < -0.3 is 50.4 Å². The van der Waals surface area contributed by atoms with Gasteiger partial charge in [0.15, 0.2) is 11.5 Å². The van der Waals surface area contributed by atoms with Gasteiger partial charge in [0.1, 0.15) is 5.75 Å². The van der Waals surface area contributed by atoms with E-state index >= 15 is 0 Å². The molecule has 4 aliphatic rings. The molecule has 0 bridgehead atoms. The van der Waals surface area contributed by atoms with Crippen LogP contribution < -0.4 is 10.1 Å². The fraction of sp³-hybridized carbons (Fsp3) is 0.560. The van der Waals surface area contributed by atoms with Crippen molar-refractivity contribution < 1.29 is 40.1 Å². The Morgan fingerprint density at radius 2 is 1.73 bits per heavy atom. The van der Waals surface area contributed by atoms with Crippen LogP contribution in [-0.4, -0.2) is 74.6 Å². The fourth-order valence-corrected chi connectivity index (χ4v) is 12.2. The number of benzene rings is 3. The molecule has 0 spiro atoms. The summed E-state index contributed by atoms with van der Waals surface area (Å²) in [6.07, 6.45) is 13.7. The van der Waals surface area contributed by atoms with E-state index in [9.17, 15) is 30.6 Å². The molecule has 2 heterocycles. The number of aromatic hydroxyl groups is 3. The van der Waals surface area contributed by atoms with Gasteiger partial charge in [0.2, 0.25) is 5.75 Å². The van der Waals surface area contributed by atoms with Crippen molar-refractivity contribution in [2.75, 3.05) is 20.7 Å². The number of nitrogens with one attached hydrogen (secondary N) is 2. The smallest absolute Gasteiger partial charge is 0.201 e. The maximum Gasteiger partial charge on any atom is 0.201 e. The zero-order valence-electron chi connectivity index (χ0n) is 35.4. The van der Waals surface area contributed by atoms with Gasteiger partial charge in [0.05, 0.1) is 38.1 Å². The average molecular weight is 823 g/mol. The van der Waals surface area contributed by atoms with Crippen molar-refractivity contribution in [3.05, 3.63) is 106 Å². The molecule has 0 radical (unpaired) electrons. The summed E-state index contributed by atoms with van der Waals surface area (Å²) in [5.41, 5.74) is 5.62. The number of hydrogen-bond acceptors (Lipinski definition) is 9. The van der Waals surface area contributed by atoms with Gasteiger partial charge in [-0.25, -0.2) is 0 Å². The van der Waals surface area contributed by atoms with Gasteiger partial charge in [-0.3, -0.25) is 0 Å². The summed E-state index contributed by atoms with van der Waals surface area (Å²) >= 11 is 0. The van der Waals surface area contributed by atoms with Gasteiger partial charge in [0.25, 0.3) is 0 Å². The van der Waals surface area contributed by atoms with E-state index in [0.29, 0.717) is 35.6 Å². The molecule has 0 unspecified atom stereocenters. The maximum absolute atomic E-state index is 12.3. The number of aromatic nitrogens is 1. The van der Waals surface area contributed by atoms with Gasteiger partial charge in [-0.05, 0) is 147 Å². The van der Waals surface area contributed by atoms with Crippen LogP contribution in [0.4, 0.5) is 0 Å². The second-order valence-electron chi connectivity index (χ2n) is 18.6. The van der Waals surface area contributed by atoms with Crippen molar-refractivity contribution in [2.45, 2.75) is 138 Å². The van der Waals surface area contributed by atoms with E-state index in [-0.39, 0.29) is 52.9 Å². The van der Waals surface area contributed by atoms with Crippen LogP contribution in [0.15, 0.2) is 67.0 Å². The first-order valence-electron chi connectivity index (χ1n) is 22.5. The number of phenols is 3. The number of H-pyrrole nitrogens is 1. The molecule has 4 fully saturated rings. The van der Waals surface area contributed by atoms with Crippen LogP contribution in [0.5, 0.6) is 23.0 Å². The van der Waals surface area contributed by atoms with E-state index in [2.05, 4.69) is 46.7 Å². The number of rotatable bonds is 14. The Morgan fingerprint density at radius 1 is 0.933 bits per heavy atom. The van der Waals surface area contributed by atoms with Crippen molar-refractivity contribution in [3.8, 4) is 23.0 Å². The monoisotopic (exact) mass is 822 g/mol. The number of ether oxygens (including phenoxy) is 2. The molecule has 1 saturated heterocycles. The van der Waals surface area contributed by atoms with Crippen molar-refractivity contribution in [1.82, 2.24) is 10.3 Å². The molecule has 4 aromatic rings. The summed E-state index contributed by atoms with van der Waals surface area (Å²) in [7, 11) is 3.44. The molecular weight excluding hydrogens is 757 g/mol. The second kappa shape index (κ2) is 18.5.